The normalized spacial score (nSPS) is 39.0. The molecule has 7 aliphatic carbocycles. The second kappa shape index (κ2) is 6.78. The van der Waals surface area contributed by atoms with Gasteiger partial charge in [0.15, 0.2) is 17.3 Å². The number of rotatable bonds is 5. The van der Waals surface area contributed by atoms with E-state index in [4.69, 9.17) is 0 Å². The Labute approximate surface area is 233 Å². The van der Waals surface area contributed by atoms with E-state index in [2.05, 4.69) is 55.5 Å². The first kappa shape index (κ1) is 22.7. The van der Waals surface area contributed by atoms with Gasteiger partial charge in [0.1, 0.15) is 0 Å². The molecular formula is C37H28O3. The Morgan fingerprint density at radius 3 is 1.23 bits per heavy atom. The van der Waals surface area contributed by atoms with Crippen LogP contribution in [0.15, 0.2) is 120 Å². The molecule has 0 aliphatic heterocycles. The minimum atomic E-state index is -0.173. The quantitative estimate of drug-likeness (QED) is 0.443. The highest BCUT2D eigenvalue weighted by molar-refractivity contribution is 6.06. The molecule has 0 heterocycles. The Morgan fingerprint density at radius 1 is 0.475 bits per heavy atom. The van der Waals surface area contributed by atoms with E-state index in [1.807, 2.05) is 36.5 Å². The van der Waals surface area contributed by atoms with Gasteiger partial charge in [-0.25, -0.2) is 0 Å². The lowest BCUT2D eigenvalue weighted by molar-refractivity contribution is -0.500. The molecular weight excluding hydrogens is 492 g/mol. The fourth-order valence-corrected chi connectivity index (χ4v) is 11.3. The van der Waals surface area contributed by atoms with Crippen LogP contribution in [0, 0.1) is 28.6 Å². The molecule has 0 bridgehead atoms. The maximum absolute atomic E-state index is 12.5. The van der Waals surface area contributed by atoms with Gasteiger partial charge in [-0.05, 0) is 102 Å². The average Bonchev–Trinajstić information content (AvgIpc) is 3.66. The van der Waals surface area contributed by atoms with E-state index in [0.717, 1.165) is 42.4 Å². The third-order valence-corrected chi connectivity index (χ3v) is 11.9. The molecule has 7 aliphatic rings. The molecule has 1 spiro atoms. The van der Waals surface area contributed by atoms with Gasteiger partial charge in [0.05, 0.1) is 0 Å². The molecule has 2 atom stereocenters. The van der Waals surface area contributed by atoms with Gasteiger partial charge in [0, 0.05) is 27.1 Å². The summed E-state index contributed by atoms with van der Waals surface area (Å²) in [6.45, 7) is 2.11. The van der Waals surface area contributed by atoms with E-state index in [9.17, 15) is 14.4 Å². The van der Waals surface area contributed by atoms with Crippen molar-refractivity contribution >= 4 is 17.3 Å². The van der Waals surface area contributed by atoms with Gasteiger partial charge < -0.3 is 0 Å². The van der Waals surface area contributed by atoms with E-state index in [1.54, 1.807) is 18.2 Å². The number of benzene rings is 2. The zero-order chi connectivity index (χ0) is 27.1. The van der Waals surface area contributed by atoms with Crippen LogP contribution in [-0.4, -0.2) is 17.3 Å². The van der Waals surface area contributed by atoms with Crippen LogP contribution in [-0.2, 0) is 19.8 Å². The number of carbonyl (C=O) groups is 3. The Morgan fingerprint density at radius 2 is 0.850 bits per heavy atom. The molecule has 2 aromatic carbocycles. The van der Waals surface area contributed by atoms with E-state index in [-0.39, 0.29) is 44.4 Å². The van der Waals surface area contributed by atoms with E-state index < -0.39 is 0 Å². The number of hydrogen-bond donors (Lipinski definition) is 0. The van der Waals surface area contributed by atoms with Crippen molar-refractivity contribution in [1.29, 1.82) is 0 Å². The minimum Gasteiger partial charge on any atom is -0.290 e. The van der Waals surface area contributed by atoms with Gasteiger partial charge in [0.25, 0.3) is 0 Å². The van der Waals surface area contributed by atoms with Crippen molar-refractivity contribution in [2.24, 2.45) is 21.7 Å². The lowest BCUT2D eigenvalue weighted by Crippen LogP contribution is -3.00. The van der Waals surface area contributed by atoms with Crippen molar-refractivity contribution in [2.45, 2.75) is 38.0 Å². The van der Waals surface area contributed by atoms with E-state index in [1.165, 1.54) is 22.3 Å². The summed E-state index contributed by atoms with van der Waals surface area (Å²) in [4.78, 5) is 37.4. The average molecular weight is 521 g/mol. The smallest absolute Gasteiger partial charge is 0.178 e. The minimum absolute atomic E-state index is 0.0628. The Kier molecular flexibility index (Phi) is 3.84. The van der Waals surface area contributed by atoms with Gasteiger partial charge in [-0.15, -0.1) is 0 Å². The molecule has 194 valence electrons. The summed E-state index contributed by atoms with van der Waals surface area (Å²) >= 11 is 0. The topological polar surface area (TPSA) is 51.2 Å². The van der Waals surface area contributed by atoms with Crippen LogP contribution in [0.25, 0.3) is 11.1 Å². The Hall–Kier alpha value is -4.11. The lowest BCUT2D eigenvalue weighted by Gasteiger charge is -3.04. The van der Waals surface area contributed by atoms with Crippen molar-refractivity contribution in [1.82, 2.24) is 0 Å². The summed E-state index contributed by atoms with van der Waals surface area (Å²) in [7, 11) is 0. The molecule has 2 unspecified atom stereocenters. The molecule has 0 amide bonds. The maximum Gasteiger partial charge on any atom is 0.178 e. The van der Waals surface area contributed by atoms with Gasteiger partial charge in [-0.1, -0.05) is 72.3 Å². The molecule has 0 saturated heterocycles. The Balaban J connectivity index is 1.23. The second-order valence-corrected chi connectivity index (χ2v) is 13.2. The molecule has 0 aromatic heterocycles. The van der Waals surface area contributed by atoms with Crippen LogP contribution in [0.1, 0.15) is 36.8 Å². The molecule has 40 heavy (non-hydrogen) atoms. The first-order valence-electron chi connectivity index (χ1n) is 14.3. The molecule has 3 nitrogen and oxygen atoms in total. The van der Waals surface area contributed by atoms with Crippen molar-refractivity contribution in [3.05, 3.63) is 131 Å². The highest BCUT2D eigenvalue weighted by atomic mass is 16.1. The molecule has 4 saturated carbocycles. The number of aryl methyl sites for hydroxylation is 1. The number of carbonyl (C=O) groups excluding carboxylic acids is 3. The van der Waals surface area contributed by atoms with Crippen LogP contribution in [0.4, 0.5) is 0 Å². The lowest BCUT2D eigenvalue weighted by atomic mass is 8.98. The number of allylic oxidation sites excluding steroid dienone is 12. The van der Waals surface area contributed by atoms with E-state index in [0.29, 0.717) is 0 Å². The van der Waals surface area contributed by atoms with Crippen molar-refractivity contribution in [2.75, 3.05) is 0 Å². The van der Waals surface area contributed by atoms with Crippen LogP contribution in [0.5, 0.6) is 0 Å². The summed E-state index contributed by atoms with van der Waals surface area (Å²) in [5.41, 5.74) is 7.78. The summed E-state index contributed by atoms with van der Waals surface area (Å²) in [5.74, 6) is 0.188. The fourth-order valence-electron chi connectivity index (χ4n) is 11.3. The summed E-state index contributed by atoms with van der Waals surface area (Å²) in [6, 6.07) is 17.8. The highest BCUT2D eigenvalue weighted by Gasteiger charge is 3.04. The van der Waals surface area contributed by atoms with Crippen LogP contribution >= 0.6 is 0 Å². The first-order chi connectivity index (χ1) is 19.3. The third kappa shape index (κ3) is 2.14. The Bertz CT molecular complexity index is 1670. The molecule has 0 radical (unpaired) electrons. The fraction of sp³-hybridized carbons (Fsp3) is 0.270. The molecule has 4 fully saturated rings. The van der Waals surface area contributed by atoms with Gasteiger partial charge >= 0.3 is 0 Å². The zero-order valence-electron chi connectivity index (χ0n) is 22.4. The predicted octanol–water partition coefficient (Wildman–Crippen LogP) is 6.66. The third-order valence-electron chi connectivity index (χ3n) is 11.9. The maximum atomic E-state index is 12.5. The monoisotopic (exact) mass is 520 g/mol. The van der Waals surface area contributed by atoms with Crippen LogP contribution in [0.3, 0.4) is 0 Å². The van der Waals surface area contributed by atoms with Crippen molar-refractivity contribution in [3.8, 4) is 11.1 Å². The summed E-state index contributed by atoms with van der Waals surface area (Å²) in [5, 5.41) is 0. The highest BCUT2D eigenvalue weighted by Crippen LogP contribution is 3.08. The molecule has 2 aromatic rings. The number of hydrogen-bond acceptors (Lipinski definition) is 3. The van der Waals surface area contributed by atoms with E-state index >= 15 is 0 Å². The molecule has 0 N–H and O–H groups in total. The van der Waals surface area contributed by atoms with Gasteiger partial charge in [-0.3, -0.25) is 14.4 Å². The standard InChI is InChI=1S/C37H28O3/c1-23-2-4-24(5-3-23)25-6-8-26(9-7-25)33-19-34(27-10-13-30(38)16-27)21-36(29-12-15-32(40)18-29)22-35(20-33,37(33,34)36)28-11-14-31(39)17-28/h2-18H,19-22H2,1H3. The van der Waals surface area contributed by atoms with Crippen LogP contribution in [0.2, 0.25) is 0 Å². The van der Waals surface area contributed by atoms with Crippen molar-refractivity contribution < 1.29 is 14.4 Å². The second-order valence-electron chi connectivity index (χ2n) is 13.2. The molecule has 9 rings (SSSR count). The SMILES string of the molecule is Cc1ccc(-c2ccc(C34CC5(C6=CC(=O)C=C6)CC6(C7=CC(=O)C=C7)CC(C7=CC(=O)C=C7)(C3)C654)cc2)cc1. The van der Waals surface area contributed by atoms with Gasteiger partial charge in [-0.2, -0.15) is 0 Å². The molecule has 3 heteroatoms. The summed E-state index contributed by atoms with van der Waals surface area (Å²) < 4.78 is 0. The first-order valence-corrected chi connectivity index (χ1v) is 14.3. The van der Waals surface area contributed by atoms with Gasteiger partial charge in [0.2, 0.25) is 0 Å². The zero-order valence-corrected chi connectivity index (χ0v) is 22.4. The summed E-state index contributed by atoms with van der Waals surface area (Å²) in [6.07, 6.45) is 20.6. The van der Waals surface area contributed by atoms with Crippen molar-refractivity contribution in [3.63, 3.8) is 0 Å². The predicted molar refractivity (Wildman–Crippen MR) is 153 cm³/mol. The number of ketones is 3. The largest absolute Gasteiger partial charge is 0.290 e. The van der Waals surface area contributed by atoms with Crippen LogP contribution < -0.4 is 0 Å².